The van der Waals surface area contributed by atoms with Gasteiger partial charge in [-0.2, -0.15) is 0 Å². The molecule has 2 aromatic carbocycles. The molecule has 6 nitrogen and oxygen atoms in total. The van der Waals surface area contributed by atoms with Gasteiger partial charge >= 0.3 is 0 Å². The van der Waals surface area contributed by atoms with Crippen LogP contribution in [-0.2, 0) is 26.5 Å². The number of halogens is 1. The monoisotopic (exact) mass is 414 g/mol. The van der Waals surface area contributed by atoms with E-state index in [-0.39, 0.29) is 28.6 Å². The highest BCUT2D eigenvalue weighted by Gasteiger charge is 2.17. The van der Waals surface area contributed by atoms with E-state index in [2.05, 4.69) is 9.44 Å². The minimum atomic E-state index is -3.81. The molecule has 0 amide bonds. The van der Waals surface area contributed by atoms with E-state index in [0.29, 0.717) is 12.1 Å². The summed E-state index contributed by atoms with van der Waals surface area (Å²) in [4.78, 5) is -0.0487. The molecule has 148 valence electrons. The van der Waals surface area contributed by atoms with Crippen molar-refractivity contribution in [3.8, 4) is 0 Å². The third-order valence-electron chi connectivity index (χ3n) is 3.91. The third-order valence-corrected chi connectivity index (χ3v) is 6.86. The van der Waals surface area contributed by atoms with E-state index < -0.39 is 20.0 Å². The molecule has 0 radical (unpaired) electrons. The third kappa shape index (κ3) is 6.10. The predicted octanol–water partition coefficient (Wildman–Crippen LogP) is 2.43. The second-order valence-electron chi connectivity index (χ2n) is 5.96. The Labute approximate surface area is 159 Å². The Kier molecular flexibility index (Phi) is 7.49. The summed E-state index contributed by atoms with van der Waals surface area (Å²) < 4.78 is 67.3. The maximum atomic E-state index is 13.6. The van der Waals surface area contributed by atoms with Crippen molar-refractivity contribution < 1.29 is 21.2 Å². The van der Waals surface area contributed by atoms with E-state index in [1.807, 2.05) is 6.92 Å². The molecular weight excluding hydrogens is 391 g/mol. The highest BCUT2D eigenvalue weighted by Crippen LogP contribution is 2.15. The Morgan fingerprint density at radius 3 is 1.85 bits per heavy atom. The van der Waals surface area contributed by atoms with Crippen LogP contribution in [0.25, 0.3) is 0 Å². The summed E-state index contributed by atoms with van der Waals surface area (Å²) >= 11 is 0. The molecular formula is C18H23FN2O4S2. The van der Waals surface area contributed by atoms with E-state index in [1.54, 1.807) is 18.2 Å². The minimum Gasteiger partial charge on any atom is -0.211 e. The number of hydrogen-bond acceptors (Lipinski definition) is 4. The minimum absolute atomic E-state index is 0.00362. The zero-order chi connectivity index (χ0) is 19.9. The van der Waals surface area contributed by atoms with Crippen LogP contribution in [0.5, 0.6) is 0 Å². The van der Waals surface area contributed by atoms with Gasteiger partial charge in [0.25, 0.3) is 0 Å². The molecule has 0 aliphatic carbocycles. The largest absolute Gasteiger partial charge is 0.240 e. The molecule has 0 unspecified atom stereocenters. The van der Waals surface area contributed by atoms with E-state index in [1.165, 1.54) is 30.3 Å². The van der Waals surface area contributed by atoms with Gasteiger partial charge in [0.1, 0.15) is 5.82 Å². The van der Waals surface area contributed by atoms with Crippen LogP contribution in [0.15, 0.2) is 58.3 Å². The van der Waals surface area contributed by atoms with Crippen molar-refractivity contribution in [2.24, 2.45) is 0 Å². The quantitative estimate of drug-likeness (QED) is 0.584. The summed E-state index contributed by atoms with van der Waals surface area (Å²) in [5.74, 6) is -0.387. The zero-order valence-corrected chi connectivity index (χ0v) is 16.6. The molecule has 0 saturated carbocycles. The van der Waals surface area contributed by atoms with Gasteiger partial charge in [-0.25, -0.2) is 30.7 Å². The van der Waals surface area contributed by atoms with Crippen LogP contribution >= 0.6 is 0 Å². The number of hydrogen-bond donors (Lipinski definition) is 2. The molecule has 0 aliphatic heterocycles. The van der Waals surface area contributed by atoms with Crippen molar-refractivity contribution in [2.75, 3.05) is 13.1 Å². The molecule has 0 aliphatic rings. The van der Waals surface area contributed by atoms with Gasteiger partial charge in [0, 0.05) is 13.1 Å². The molecule has 27 heavy (non-hydrogen) atoms. The van der Waals surface area contributed by atoms with Crippen LogP contribution in [0.3, 0.4) is 0 Å². The smallest absolute Gasteiger partial charge is 0.211 e. The molecule has 9 heteroatoms. The Morgan fingerprint density at radius 1 is 0.815 bits per heavy atom. The molecule has 2 aromatic rings. The van der Waals surface area contributed by atoms with Crippen molar-refractivity contribution in [3.63, 3.8) is 0 Å². The second kappa shape index (κ2) is 9.41. The number of benzene rings is 2. The van der Waals surface area contributed by atoms with E-state index in [4.69, 9.17) is 0 Å². The fourth-order valence-electron chi connectivity index (χ4n) is 2.37. The summed E-state index contributed by atoms with van der Waals surface area (Å²) in [6, 6.07) is 11.1. The first-order valence-electron chi connectivity index (χ1n) is 8.59. The Morgan fingerprint density at radius 2 is 1.33 bits per heavy atom. The summed E-state index contributed by atoms with van der Waals surface area (Å²) in [5, 5.41) is 0. The van der Waals surface area contributed by atoms with Crippen LogP contribution in [-0.4, -0.2) is 29.9 Å². The normalized spacial score (nSPS) is 12.2. The van der Waals surface area contributed by atoms with Gasteiger partial charge in [-0.1, -0.05) is 31.5 Å². The van der Waals surface area contributed by atoms with Crippen LogP contribution in [0.2, 0.25) is 0 Å². The average Bonchev–Trinajstić information content (AvgIpc) is 2.63. The number of sulfonamides is 2. The predicted molar refractivity (Wildman–Crippen MR) is 102 cm³/mol. The summed E-state index contributed by atoms with van der Waals surface area (Å²) in [6.45, 7) is 2.31. The van der Waals surface area contributed by atoms with Gasteiger partial charge < -0.3 is 0 Å². The van der Waals surface area contributed by atoms with Gasteiger partial charge in [-0.05, 0) is 48.7 Å². The standard InChI is InChI=1S/C18H23FN2O4S2/c1-2-3-13-20-26(22,23)16-8-10-17(11-9-16)27(24,25)21-14-12-15-6-4-5-7-18(15)19/h4-11,20-21H,2-3,12-14H2,1H3. The molecule has 0 saturated heterocycles. The summed E-state index contributed by atoms with van der Waals surface area (Å²) in [5.41, 5.74) is 0.416. The summed E-state index contributed by atoms with van der Waals surface area (Å²) in [7, 11) is -7.47. The molecule has 2 rings (SSSR count). The van der Waals surface area contributed by atoms with Crippen LogP contribution in [0, 0.1) is 5.82 Å². The van der Waals surface area contributed by atoms with Crippen molar-refractivity contribution in [1.29, 1.82) is 0 Å². The highest BCUT2D eigenvalue weighted by atomic mass is 32.2. The second-order valence-corrected chi connectivity index (χ2v) is 9.50. The van der Waals surface area contributed by atoms with E-state index in [0.717, 1.165) is 12.8 Å². The lowest BCUT2D eigenvalue weighted by molar-refractivity contribution is 0.574. The first-order valence-corrected chi connectivity index (χ1v) is 11.6. The molecule has 0 heterocycles. The lowest BCUT2D eigenvalue weighted by atomic mass is 10.1. The zero-order valence-electron chi connectivity index (χ0n) is 15.0. The number of rotatable bonds is 10. The average molecular weight is 415 g/mol. The van der Waals surface area contributed by atoms with Gasteiger partial charge in [0.2, 0.25) is 20.0 Å². The summed E-state index contributed by atoms with van der Waals surface area (Å²) in [6.07, 6.45) is 1.79. The van der Waals surface area contributed by atoms with E-state index >= 15 is 0 Å². The Bertz CT molecular complexity index is 959. The van der Waals surface area contributed by atoms with Gasteiger partial charge in [-0.3, -0.25) is 0 Å². The Hall–Kier alpha value is -1.81. The number of unbranched alkanes of at least 4 members (excludes halogenated alkanes) is 1. The molecule has 0 bridgehead atoms. The van der Waals surface area contributed by atoms with Crippen molar-refractivity contribution >= 4 is 20.0 Å². The topological polar surface area (TPSA) is 92.3 Å². The Balaban J connectivity index is 2.01. The maximum absolute atomic E-state index is 13.6. The van der Waals surface area contributed by atoms with Crippen LogP contribution in [0.1, 0.15) is 25.3 Å². The molecule has 0 spiro atoms. The molecule has 0 aromatic heterocycles. The van der Waals surface area contributed by atoms with Gasteiger partial charge in [-0.15, -0.1) is 0 Å². The van der Waals surface area contributed by atoms with E-state index in [9.17, 15) is 21.2 Å². The lowest BCUT2D eigenvalue weighted by Gasteiger charge is -2.09. The lowest BCUT2D eigenvalue weighted by Crippen LogP contribution is -2.27. The van der Waals surface area contributed by atoms with Gasteiger partial charge in [0.15, 0.2) is 0 Å². The van der Waals surface area contributed by atoms with Gasteiger partial charge in [0.05, 0.1) is 9.79 Å². The first kappa shape index (κ1) is 21.5. The molecule has 2 N–H and O–H groups in total. The first-order chi connectivity index (χ1) is 12.8. The SMILES string of the molecule is CCCCNS(=O)(=O)c1ccc(S(=O)(=O)NCCc2ccccc2F)cc1. The number of nitrogens with one attached hydrogen (secondary N) is 2. The van der Waals surface area contributed by atoms with Crippen molar-refractivity contribution in [2.45, 2.75) is 36.0 Å². The fraction of sp³-hybridized carbons (Fsp3) is 0.333. The highest BCUT2D eigenvalue weighted by molar-refractivity contribution is 7.90. The van der Waals surface area contributed by atoms with Crippen molar-refractivity contribution in [3.05, 3.63) is 59.9 Å². The van der Waals surface area contributed by atoms with Crippen LogP contribution in [0.4, 0.5) is 4.39 Å². The van der Waals surface area contributed by atoms with Crippen LogP contribution < -0.4 is 9.44 Å². The fourth-order valence-corrected chi connectivity index (χ4v) is 4.48. The molecule has 0 atom stereocenters. The maximum Gasteiger partial charge on any atom is 0.240 e. The molecule has 0 fully saturated rings. The van der Waals surface area contributed by atoms with Crippen molar-refractivity contribution in [1.82, 2.24) is 9.44 Å².